The summed E-state index contributed by atoms with van der Waals surface area (Å²) in [7, 11) is 1.73. The number of likely N-dealkylation sites (tertiary alicyclic amines) is 1. The molecule has 0 spiro atoms. The summed E-state index contributed by atoms with van der Waals surface area (Å²) in [6.45, 7) is 3.44. The first-order valence-electron chi connectivity index (χ1n) is 6.25. The van der Waals surface area contributed by atoms with Crippen LogP contribution in [-0.2, 0) is 9.53 Å². The Labute approximate surface area is 98.1 Å². The number of rotatable bonds is 5. The molecule has 16 heavy (non-hydrogen) atoms. The van der Waals surface area contributed by atoms with E-state index in [2.05, 4.69) is 6.92 Å². The van der Waals surface area contributed by atoms with Crippen molar-refractivity contribution in [3.8, 4) is 0 Å². The first-order chi connectivity index (χ1) is 7.72. The molecule has 0 bridgehead atoms. The second-order valence-electron chi connectivity index (χ2n) is 4.46. The van der Waals surface area contributed by atoms with Crippen LogP contribution in [0.2, 0.25) is 0 Å². The molecule has 1 aliphatic rings. The fourth-order valence-electron chi connectivity index (χ4n) is 2.25. The van der Waals surface area contributed by atoms with Gasteiger partial charge in [0.05, 0.1) is 6.10 Å². The maximum Gasteiger partial charge on any atom is 0.222 e. The van der Waals surface area contributed by atoms with Crippen molar-refractivity contribution in [2.24, 2.45) is 5.73 Å². The van der Waals surface area contributed by atoms with Gasteiger partial charge in [0, 0.05) is 32.7 Å². The molecule has 1 aliphatic heterocycles. The van der Waals surface area contributed by atoms with E-state index < -0.39 is 0 Å². The summed E-state index contributed by atoms with van der Waals surface area (Å²) in [5.41, 5.74) is 5.73. The number of nitrogens with two attached hydrogens (primary N) is 1. The standard InChI is InChI=1S/C12H24N2O2/c1-3-4-5-12(15)14-7-6-11(16-2)8-10(14)9-13/h10-11H,3-9,13H2,1-2H3/t10-,11-/m0/s1. The fraction of sp³-hybridized carbons (Fsp3) is 0.917. The number of hydrogen-bond donors (Lipinski definition) is 1. The van der Waals surface area contributed by atoms with Gasteiger partial charge in [0.25, 0.3) is 0 Å². The fourth-order valence-corrected chi connectivity index (χ4v) is 2.25. The molecule has 1 amide bonds. The zero-order valence-electron chi connectivity index (χ0n) is 10.4. The maximum absolute atomic E-state index is 12.0. The van der Waals surface area contributed by atoms with Gasteiger partial charge in [-0.3, -0.25) is 4.79 Å². The number of amides is 1. The number of piperidine rings is 1. The zero-order chi connectivity index (χ0) is 12.0. The van der Waals surface area contributed by atoms with Crippen LogP contribution in [0, 0.1) is 0 Å². The first-order valence-corrected chi connectivity index (χ1v) is 6.25. The Bertz CT molecular complexity index is 221. The highest BCUT2D eigenvalue weighted by Gasteiger charge is 2.30. The van der Waals surface area contributed by atoms with E-state index in [1.165, 1.54) is 0 Å². The molecule has 1 rings (SSSR count). The molecule has 4 heteroatoms. The summed E-state index contributed by atoms with van der Waals surface area (Å²) in [6.07, 6.45) is 4.78. The second-order valence-corrected chi connectivity index (χ2v) is 4.46. The average Bonchev–Trinajstić information content (AvgIpc) is 2.34. The van der Waals surface area contributed by atoms with Crippen LogP contribution in [0.4, 0.5) is 0 Å². The van der Waals surface area contributed by atoms with E-state index in [1.807, 2.05) is 4.90 Å². The minimum absolute atomic E-state index is 0.169. The van der Waals surface area contributed by atoms with Crippen LogP contribution in [0.25, 0.3) is 0 Å². The van der Waals surface area contributed by atoms with Gasteiger partial charge in [0.15, 0.2) is 0 Å². The van der Waals surface area contributed by atoms with Gasteiger partial charge in [-0.2, -0.15) is 0 Å². The number of carbonyl (C=O) groups is 1. The average molecular weight is 228 g/mol. The summed E-state index contributed by atoms with van der Waals surface area (Å²) in [4.78, 5) is 13.9. The molecule has 2 N–H and O–H groups in total. The number of ether oxygens (including phenoxy) is 1. The van der Waals surface area contributed by atoms with Crippen molar-refractivity contribution < 1.29 is 9.53 Å². The molecule has 1 fully saturated rings. The third kappa shape index (κ3) is 3.46. The quantitative estimate of drug-likeness (QED) is 0.767. The Morgan fingerprint density at radius 3 is 2.88 bits per heavy atom. The number of hydrogen-bond acceptors (Lipinski definition) is 3. The second kappa shape index (κ2) is 6.86. The lowest BCUT2D eigenvalue weighted by atomic mass is 9.98. The first kappa shape index (κ1) is 13.5. The molecular formula is C12H24N2O2. The molecule has 0 radical (unpaired) electrons. The van der Waals surface area contributed by atoms with Crippen LogP contribution in [0.5, 0.6) is 0 Å². The molecule has 1 saturated heterocycles. The maximum atomic E-state index is 12.0. The molecule has 94 valence electrons. The van der Waals surface area contributed by atoms with Gasteiger partial charge in [-0.15, -0.1) is 0 Å². The summed E-state index contributed by atoms with van der Waals surface area (Å²) in [5, 5.41) is 0. The highest BCUT2D eigenvalue weighted by atomic mass is 16.5. The Hall–Kier alpha value is -0.610. The highest BCUT2D eigenvalue weighted by molar-refractivity contribution is 5.76. The molecular weight excluding hydrogens is 204 g/mol. The summed E-state index contributed by atoms with van der Waals surface area (Å²) >= 11 is 0. The molecule has 0 aromatic rings. The highest BCUT2D eigenvalue weighted by Crippen LogP contribution is 2.20. The van der Waals surface area contributed by atoms with Crippen LogP contribution in [0.1, 0.15) is 39.0 Å². The van der Waals surface area contributed by atoms with Gasteiger partial charge in [0.1, 0.15) is 0 Å². The lowest BCUT2D eigenvalue weighted by Gasteiger charge is -2.38. The lowest BCUT2D eigenvalue weighted by molar-refractivity contribution is -0.136. The Morgan fingerprint density at radius 1 is 1.56 bits per heavy atom. The van der Waals surface area contributed by atoms with Crippen molar-refractivity contribution in [3.05, 3.63) is 0 Å². The van der Waals surface area contributed by atoms with E-state index in [0.717, 1.165) is 32.2 Å². The largest absolute Gasteiger partial charge is 0.381 e. The van der Waals surface area contributed by atoms with E-state index in [4.69, 9.17) is 10.5 Å². The van der Waals surface area contributed by atoms with Crippen LogP contribution in [-0.4, -0.2) is 43.2 Å². The van der Waals surface area contributed by atoms with Crippen molar-refractivity contribution in [1.29, 1.82) is 0 Å². The molecule has 2 atom stereocenters. The SMILES string of the molecule is CCCCC(=O)N1CC[C@H](OC)C[C@H]1CN. The molecule has 0 unspecified atom stereocenters. The third-order valence-corrected chi connectivity index (χ3v) is 3.34. The van der Waals surface area contributed by atoms with Crippen LogP contribution >= 0.6 is 0 Å². The minimum atomic E-state index is 0.169. The van der Waals surface area contributed by atoms with Crippen molar-refractivity contribution in [1.82, 2.24) is 4.90 Å². The van der Waals surface area contributed by atoms with Crippen molar-refractivity contribution in [3.63, 3.8) is 0 Å². The predicted molar refractivity (Wildman–Crippen MR) is 64.1 cm³/mol. The minimum Gasteiger partial charge on any atom is -0.381 e. The third-order valence-electron chi connectivity index (χ3n) is 3.34. The predicted octanol–water partition coefficient (Wildman–Crippen LogP) is 1.14. The van der Waals surface area contributed by atoms with E-state index in [9.17, 15) is 4.79 Å². The number of carbonyl (C=O) groups excluding carboxylic acids is 1. The number of methoxy groups -OCH3 is 1. The molecule has 0 aromatic carbocycles. The summed E-state index contributed by atoms with van der Waals surface area (Å²) < 4.78 is 5.34. The number of unbranched alkanes of at least 4 members (excludes halogenated alkanes) is 1. The van der Waals surface area contributed by atoms with Gasteiger partial charge in [0.2, 0.25) is 5.91 Å². The van der Waals surface area contributed by atoms with Gasteiger partial charge in [-0.05, 0) is 19.3 Å². The van der Waals surface area contributed by atoms with E-state index in [0.29, 0.717) is 13.0 Å². The molecule has 0 saturated carbocycles. The zero-order valence-corrected chi connectivity index (χ0v) is 10.4. The van der Waals surface area contributed by atoms with E-state index in [-0.39, 0.29) is 18.1 Å². The molecule has 1 heterocycles. The smallest absolute Gasteiger partial charge is 0.222 e. The van der Waals surface area contributed by atoms with E-state index in [1.54, 1.807) is 7.11 Å². The Balaban J connectivity index is 2.49. The summed E-state index contributed by atoms with van der Waals surface area (Å²) in [6, 6.07) is 0.169. The van der Waals surface area contributed by atoms with Crippen LogP contribution in [0.15, 0.2) is 0 Å². The monoisotopic (exact) mass is 228 g/mol. The topological polar surface area (TPSA) is 55.6 Å². The summed E-state index contributed by atoms with van der Waals surface area (Å²) in [5.74, 6) is 0.256. The molecule has 0 aromatic heterocycles. The van der Waals surface area contributed by atoms with Gasteiger partial charge in [-0.25, -0.2) is 0 Å². The van der Waals surface area contributed by atoms with Crippen molar-refractivity contribution >= 4 is 5.91 Å². The van der Waals surface area contributed by atoms with Crippen LogP contribution < -0.4 is 5.73 Å². The lowest BCUT2D eigenvalue weighted by Crippen LogP contribution is -2.51. The molecule has 4 nitrogen and oxygen atoms in total. The van der Waals surface area contributed by atoms with Crippen molar-refractivity contribution in [2.45, 2.75) is 51.2 Å². The normalized spacial score (nSPS) is 25.8. The number of nitrogens with zero attached hydrogens (tertiary/aromatic N) is 1. The van der Waals surface area contributed by atoms with Crippen LogP contribution in [0.3, 0.4) is 0 Å². The van der Waals surface area contributed by atoms with Crippen molar-refractivity contribution in [2.75, 3.05) is 20.2 Å². The van der Waals surface area contributed by atoms with Gasteiger partial charge >= 0.3 is 0 Å². The molecule has 0 aliphatic carbocycles. The Kier molecular flexibility index (Phi) is 5.77. The van der Waals surface area contributed by atoms with Gasteiger partial charge < -0.3 is 15.4 Å². The Morgan fingerprint density at radius 2 is 2.31 bits per heavy atom. The van der Waals surface area contributed by atoms with Gasteiger partial charge in [-0.1, -0.05) is 13.3 Å². The van der Waals surface area contributed by atoms with E-state index >= 15 is 0 Å².